The van der Waals surface area contributed by atoms with E-state index in [1.165, 1.54) is 12.0 Å². The third kappa shape index (κ3) is 6.50. The molecule has 0 radical (unpaired) electrons. The topological polar surface area (TPSA) is 97.8 Å². The monoisotopic (exact) mass is 625 g/mol. The largest absolute Gasteiger partial charge is 0.469 e. The highest BCUT2D eigenvalue weighted by atomic mass is 79.9. The molecule has 8 nitrogen and oxygen atoms in total. The van der Waals surface area contributed by atoms with Gasteiger partial charge in [0.25, 0.3) is 5.91 Å². The van der Waals surface area contributed by atoms with Crippen molar-refractivity contribution in [2.45, 2.75) is 57.0 Å². The summed E-state index contributed by atoms with van der Waals surface area (Å²) in [4.78, 5) is 44.2. The molecule has 1 amide bonds. The molecule has 2 fully saturated rings. The van der Waals surface area contributed by atoms with Gasteiger partial charge in [-0.15, -0.1) is 0 Å². The molecule has 2 aromatic carbocycles. The van der Waals surface area contributed by atoms with Crippen LogP contribution >= 0.6 is 15.9 Å². The van der Waals surface area contributed by atoms with E-state index in [9.17, 15) is 14.4 Å². The minimum absolute atomic E-state index is 0.178. The van der Waals surface area contributed by atoms with Crippen LogP contribution in [0.1, 0.15) is 54.6 Å². The number of halogens is 2. The van der Waals surface area contributed by atoms with E-state index >= 15 is 4.39 Å². The minimum Gasteiger partial charge on any atom is -0.469 e. The highest BCUT2D eigenvalue weighted by Crippen LogP contribution is 2.35. The van der Waals surface area contributed by atoms with Crippen LogP contribution in [0.15, 0.2) is 59.2 Å². The number of amides is 1. The number of esters is 1. The highest BCUT2D eigenvalue weighted by molar-refractivity contribution is 9.10. The summed E-state index contributed by atoms with van der Waals surface area (Å²) in [6.07, 6.45) is 4.59. The van der Waals surface area contributed by atoms with Gasteiger partial charge in [-0.3, -0.25) is 19.4 Å². The first-order valence-electron chi connectivity index (χ1n) is 13.9. The van der Waals surface area contributed by atoms with E-state index < -0.39 is 17.9 Å². The number of ketones is 1. The molecule has 0 bridgehead atoms. The second kappa shape index (κ2) is 12.8. The number of fused-ring (bicyclic) bond motifs is 1. The van der Waals surface area contributed by atoms with Crippen molar-refractivity contribution in [2.24, 2.45) is 5.92 Å². The van der Waals surface area contributed by atoms with E-state index in [1.54, 1.807) is 24.4 Å². The zero-order valence-corrected chi connectivity index (χ0v) is 24.5. The molecule has 1 aromatic heterocycles. The number of aromatic nitrogens is 1. The van der Waals surface area contributed by atoms with Gasteiger partial charge in [-0.2, -0.15) is 4.39 Å². The van der Waals surface area contributed by atoms with Crippen LogP contribution in [0.25, 0.3) is 10.8 Å². The van der Waals surface area contributed by atoms with E-state index in [4.69, 9.17) is 9.47 Å². The summed E-state index contributed by atoms with van der Waals surface area (Å²) in [7, 11) is 1.37. The summed E-state index contributed by atoms with van der Waals surface area (Å²) in [5.41, 5.74) is 1.40. The first kappa shape index (κ1) is 29.3. The number of nitrogens with one attached hydrogen (secondary N) is 1. The second-order valence-electron chi connectivity index (χ2n) is 10.6. The lowest BCUT2D eigenvalue weighted by Crippen LogP contribution is -2.54. The van der Waals surface area contributed by atoms with Gasteiger partial charge >= 0.3 is 11.9 Å². The van der Waals surface area contributed by atoms with Crippen LogP contribution in [-0.2, 0) is 25.5 Å². The fraction of sp³-hybridized carbons (Fsp3) is 0.419. The number of hydrogen-bond acceptors (Lipinski definition) is 7. The molecule has 1 aliphatic carbocycles. The maximum Gasteiger partial charge on any atom is 0.330 e. The van der Waals surface area contributed by atoms with Gasteiger partial charge in [0.1, 0.15) is 5.69 Å². The molecule has 216 valence electrons. The molecule has 41 heavy (non-hydrogen) atoms. The number of ether oxygens (including phenoxy) is 2. The number of pyridine rings is 1. The zero-order valence-electron chi connectivity index (χ0n) is 22.9. The number of likely N-dealkylation sites (tertiary alicyclic amines) is 1. The summed E-state index contributed by atoms with van der Waals surface area (Å²) in [6, 6.07) is 14.4. The Morgan fingerprint density at radius 1 is 1.07 bits per heavy atom. The van der Waals surface area contributed by atoms with Crippen molar-refractivity contribution in [3.05, 3.63) is 70.5 Å². The first-order valence-corrected chi connectivity index (χ1v) is 14.7. The second-order valence-corrected chi connectivity index (χ2v) is 11.5. The van der Waals surface area contributed by atoms with E-state index in [-0.39, 0.29) is 24.2 Å². The lowest BCUT2D eigenvalue weighted by molar-refractivity contribution is -0.252. The van der Waals surface area contributed by atoms with Crippen LogP contribution in [0.4, 0.5) is 10.1 Å². The summed E-state index contributed by atoms with van der Waals surface area (Å²) < 4.78 is 27.9. The number of nitrogens with zero attached hydrogens (tertiary/aromatic N) is 2. The number of anilines is 1. The van der Waals surface area contributed by atoms with E-state index in [2.05, 4.69) is 26.2 Å². The number of benzene rings is 2. The van der Waals surface area contributed by atoms with Crippen molar-refractivity contribution >= 4 is 50.0 Å². The normalized spacial score (nSPS) is 20.9. The molecule has 1 saturated heterocycles. The number of alkyl halides is 1. The molecule has 3 aromatic rings. The van der Waals surface area contributed by atoms with E-state index in [0.29, 0.717) is 60.2 Å². The van der Waals surface area contributed by atoms with Gasteiger partial charge in [-0.25, -0.2) is 4.90 Å². The van der Waals surface area contributed by atoms with Crippen LogP contribution in [0.5, 0.6) is 0 Å². The Hall–Kier alpha value is -3.21. The maximum atomic E-state index is 16.5. The number of rotatable bonds is 9. The fourth-order valence-corrected chi connectivity index (χ4v) is 6.20. The molecule has 1 N–H and O–H groups in total. The quantitative estimate of drug-likeness (QED) is 0.236. The van der Waals surface area contributed by atoms with Crippen LogP contribution in [0.3, 0.4) is 0 Å². The Morgan fingerprint density at radius 3 is 2.51 bits per heavy atom. The lowest BCUT2D eigenvalue weighted by atomic mass is 9.87. The minimum atomic E-state index is -2.54. The molecule has 2 aliphatic rings. The highest BCUT2D eigenvalue weighted by Gasteiger charge is 2.48. The van der Waals surface area contributed by atoms with E-state index in [0.717, 1.165) is 23.6 Å². The molecule has 1 saturated carbocycles. The Labute approximate surface area is 246 Å². The van der Waals surface area contributed by atoms with Crippen LogP contribution in [0, 0.1) is 5.92 Å². The molecule has 2 heterocycles. The summed E-state index contributed by atoms with van der Waals surface area (Å²) in [5, 5.41) is 4.52. The molecule has 1 atom stereocenters. The van der Waals surface area contributed by atoms with Gasteiger partial charge in [-0.05, 0) is 83.6 Å². The zero-order chi connectivity index (χ0) is 29.0. The van der Waals surface area contributed by atoms with Gasteiger partial charge in [-0.1, -0.05) is 30.3 Å². The summed E-state index contributed by atoms with van der Waals surface area (Å²) in [6.45, 7) is 0.882. The van der Waals surface area contributed by atoms with Crippen LogP contribution < -0.4 is 5.32 Å². The fourth-order valence-electron chi connectivity index (χ4n) is 5.67. The molecule has 1 unspecified atom stereocenters. The molecule has 5 rings (SSSR count). The molecule has 0 spiro atoms. The van der Waals surface area contributed by atoms with Crippen molar-refractivity contribution in [2.75, 3.05) is 25.5 Å². The van der Waals surface area contributed by atoms with E-state index in [1.807, 2.05) is 30.3 Å². The molecule has 1 aliphatic heterocycles. The third-order valence-electron chi connectivity index (χ3n) is 7.92. The van der Waals surface area contributed by atoms with Gasteiger partial charge < -0.3 is 14.8 Å². The standard InChI is InChI=1S/C31H33BrFN3O5/c1-40-30(39)22-9-11-23(12-10-22)41-31(33,36-16-4-5-17-36)27(37)19-20-8-13-26(25(32)18-20)35-29(38)28-24-7-3-2-6-21(24)14-15-34-28/h2-3,6-8,13-15,18,22-23H,4-5,9-12,16-17,19H2,1H3,(H,35,38)/t22-,23-,31?. The number of carbonyl (C=O) groups is 3. The molecular weight excluding hydrogens is 593 g/mol. The van der Waals surface area contributed by atoms with Crippen molar-refractivity contribution < 1.29 is 28.2 Å². The van der Waals surface area contributed by atoms with Gasteiger partial charge in [0.2, 0.25) is 5.78 Å². The smallest absolute Gasteiger partial charge is 0.330 e. The lowest BCUT2D eigenvalue weighted by Gasteiger charge is -2.37. The van der Waals surface area contributed by atoms with Crippen LogP contribution in [-0.4, -0.2) is 59.8 Å². The van der Waals surface area contributed by atoms with Gasteiger partial charge in [0.15, 0.2) is 0 Å². The van der Waals surface area contributed by atoms with Crippen molar-refractivity contribution in [3.8, 4) is 0 Å². The Kier molecular flexibility index (Phi) is 9.11. The van der Waals surface area contributed by atoms with Crippen molar-refractivity contribution in [1.82, 2.24) is 9.88 Å². The first-order chi connectivity index (χ1) is 19.8. The SMILES string of the molecule is COC(=O)[C@H]1CC[C@H](OC(F)(C(=O)Cc2ccc(NC(=O)c3nccc4ccccc34)c(Br)c2)N2CCCC2)CC1. The van der Waals surface area contributed by atoms with Gasteiger partial charge in [0.05, 0.1) is 24.8 Å². The number of hydrogen-bond donors (Lipinski definition) is 1. The Balaban J connectivity index is 1.27. The average Bonchev–Trinajstić information content (AvgIpc) is 3.54. The van der Waals surface area contributed by atoms with Crippen LogP contribution in [0.2, 0.25) is 0 Å². The van der Waals surface area contributed by atoms with Crippen molar-refractivity contribution in [3.63, 3.8) is 0 Å². The predicted molar refractivity (Wildman–Crippen MR) is 156 cm³/mol. The maximum absolute atomic E-state index is 16.5. The number of methoxy groups -OCH3 is 1. The van der Waals surface area contributed by atoms with Gasteiger partial charge in [0, 0.05) is 35.6 Å². The average molecular weight is 627 g/mol. The third-order valence-corrected chi connectivity index (χ3v) is 8.58. The molecular formula is C31H33BrFN3O5. The predicted octanol–water partition coefficient (Wildman–Crippen LogP) is 5.83. The molecule has 10 heteroatoms. The number of Topliss-reactive ketones (excluding diaryl/α,β-unsaturated/α-hetero) is 1. The number of carbonyl (C=O) groups excluding carboxylic acids is 3. The van der Waals surface area contributed by atoms with Crippen molar-refractivity contribution in [1.29, 1.82) is 0 Å². The Morgan fingerprint density at radius 2 is 1.80 bits per heavy atom. The Bertz CT molecular complexity index is 1430. The summed E-state index contributed by atoms with van der Waals surface area (Å²) >= 11 is 3.49. The summed E-state index contributed by atoms with van der Waals surface area (Å²) in [5.74, 6) is -4.05.